The van der Waals surface area contributed by atoms with Crippen molar-refractivity contribution in [3.05, 3.63) is 40.3 Å². The predicted octanol–water partition coefficient (Wildman–Crippen LogP) is 1.01. The summed E-state index contributed by atoms with van der Waals surface area (Å²) in [5.41, 5.74) is 0.365. The lowest BCUT2D eigenvalue weighted by Gasteiger charge is -2.10. The van der Waals surface area contributed by atoms with Gasteiger partial charge in [0, 0.05) is 4.90 Å². The molecule has 0 bridgehead atoms. The molecule has 0 unspecified atom stereocenters. The third-order valence-corrected chi connectivity index (χ3v) is 4.69. The third kappa shape index (κ3) is 4.50. The minimum Gasteiger partial charge on any atom is -0.334 e. The first kappa shape index (κ1) is 17.8. The van der Waals surface area contributed by atoms with Gasteiger partial charge in [-0.3, -0.25) is 9.59 Å². The van der Waals surface area contributed by atoms with Crippen LogP contribution < -0.4 is 16.7 Å². The third-order valence-electron chi connectivity index (χ3n) is 2.81. The van der Waals surface area contributed by atoms with Gasteiger partial charge in [-0.25, -0.2) is 0 Å². The molecule has 1 aromatic heterocycles. The van der Waals surface area contributed by atoms with Crippen molar-refractivity contribution in [3.8, 4) is 6.07 Å². The van der Waals surface area contributed by atoms with Crippen LogP contribution in [0.5, 0.6) is 0 Å². The second-order valence-corrected chi connectivity index (χ2v) is 6.48. The summed E-state index contributed by atoms with van der Waals surface area (Å²) in [5.74, 6) is 5.65. The van der Waals surface area contributed by atoms with Gasteiger partial charge in [0.2, 0.25) is 11.1 Å². The van der Waals surface area contributed by atoms with E-state index in [1.165, 1.54) is 18.7 Å². The average molecular weight is 362 g/mol. The Morgan fingerprint density at radius 1 is 1.38 bits per heavy atom. The Hall–Kier alpha value is -2.51. The fourth-order valence-electron chi connectivity index (χ4n) is 1.69. The Labute approximate surface area is 146 Å². The molecule has 0 aliphatic rings. The molecule has 2 aromatic rings. The number of nitrogens with one attached hydrogen (secondary N) is 1. The van der Waals surface area contributed by atoms with Crippen molar-refractivity contribution in [2.45, 2.75) is 17.0 Å². The molecule has 0 saturated carbocycles. The summed E-state index contributed by atoms with van der Waals surface area (Å²) in [7, 11) is 0. The van der Waals surface area contributed by atoms with Gasteiger partial charge in [-0.1, -0.05) is 23.9 Å². The first-order valence-electron chi connectivity index (χ1n) is 6.75. The number of nitriles is 1. The van der Waals surface area contributed by atoms with Gasteiger partial charge in [-0.15, -0.1) is 22.0 Å². The molecule has 1 heterocycles. The first-order chi connectivity index (χ1) is 11.5. The zero-order valence-electron chi connectivity index (χ0n) is 12.7. The Bertz CT molecular complexity index is 846. The number of anilines is 1. The van der Waals surface area contributed by atoms with Gasteiger partial charge in [0.1, 0.15) is 5.69 Å². The maximum atomic E-state index is 12.1. The number of para-hydroxylation sites is 1. The highest BCUT2D eigenvalue weighted by Gasteiger charge is 2.11. The SMILES string of the molecule is Cc1nnc(SCC(=O)Nc2ccccc2SCC#N)n(N)c1=O. The molecular formula is C14H14N6O2S2. The molecule has 0 aliphatic carbocycles. The Morgan fingerprint density at radius 2 is 2.12 bits per heavy atom. The molecule has 0 atom stereocenters. The van der Waals surface area contributed by atoms with Crippen LogP contribution in [-0.2, 0) is 4.79 Å². The van der Waals surface area contributed by atoms with Gasteiger partial charge in [0.15, 0.2) is 0 Å². The maximum absolute atomic E-state index is 12.1. The smallest absolute Gasteiger partial charge is 0.294 e. The summed E-state index contributed by atoms with van der Waals surface area (Å²) < 4.78 is 0.872. The van der Waals surface area contributed by atoms with Crippen LogP contribution >= 0.6 is 23.5 Å². The highest BCUT2D eigenvalue weighted by Crippen LogP contribution is 2.26. The zero-order chi connectivity index (χ0) is 17.5. The summed E-state index contributed by atoms with van der Waals surface area (Å²) >= 11 is 2.35. The van der Waals surface area contributed by atoms with Crippen LogP contribution in [0, 0.1) is 18.3 Å². The fraction of sp³-hybridized carbons (Fsp3) is 0.214. The van der Waals surface area contributed by atoms with Crippen LogP contribution in [-0.4, -0.2) is 32.3 Å². The molecule has 10 heteroatoms. The number of nitrogens with zero attached hydrogens (tertiary/aromatic N) is 4. The maximum Gasteiger partial charge on any atom is 0.294 e. The molecule has 24 heavy (non-hydrogen) atoms. The van der Waals surface area contributed by atoms with Crippen LogP contribution in [0.25, 0.3) is 0 Å². The number of nitrogen functional groups attached to an aromatic ring is 1. The van der Waals surface area contributed by atoms with Crippen LogP contribution in [0.15, 0.2) is 39.1 Å². The van der Waals surface area contributed by atoms with E-state index in [1.807, 2.05) is 18.2 Å². The van der Waals surface area contributed by atoms with Crippen molar-refractivity contribution >= 4 is 35.1 Å². The van der Waals surface area contributed by atoms with Crippen molar-refractivity contribution in [1.82, 2.24) is 14.9 Å². The summed E-state index contributed by atoms with van der Waals surface area (Å²) in [6.07, 6.45) is 0. The van der Waals surface area contributed by atoms with E-state index in [9.17, 15) is 9.59 Å². The highest BCUT2D eigenvalue weighted by molar-refractivity contribution is 8.00. The number of benzene rings is 1. The molecule has 1 amide bonds. The largest absolute Gasteiger partial charge is 0.334 e. The fourth-order valence-corrected chi connectivity index (χ4v) is 3.01. The monoisotopic (exact) mass is 362 g/mol. The molecule has 0 saturated heterocycles. The van der Waals surface area contributed by atoms with E-state index >= 15 is 0 Å². The van der Waals surface area contributed by atoms with Crippen molar-refractivity contribution in [3.63, 3.8) is 0 Å². The van der Waals surface area contributed by atoms with Gasteiger partial charge in [-0.05, 0) is 19.1 Å². The van der Waals surface area contributed by atoms with Gasteiger partial charge in [-0.2, -0.15) is 9.94 Å². The summed E-state index contributed by atoms with van der Waals surface area (Å²) in [4.78, 5) is 24.6. The molecule has 3 N–H and O–H groups in total. The lowest BCUT2D eigenvalue weighted by atomic mass is 10.3. The number of thioether (sulfide) groups is 2. The Morgan fingerprint density at radius 3 is 2.88 bits per heavy atom. The van der Waals surface area contributed by atoms with Crippen LogP contribution in [0.3, 0.4) is 0 Å². The lowest BCUT2D eigenvalue weighted by Crippen LogP contribution is -2.32. The van der Waals surface area contributed by atoms with Crippen LogP contribution in [0.2, 0.25) is 0 Å². The van der Waals surface area contributed by atoms with Crippen molar-refractivity contribution in [2.75, 3.05) is 22.7 Å². The van der Waals surface area contributed by atoms with Crippen LogP contribution in [0.1, 0.15) is 5.69 Å². The van der Waals surface area contributed by atoms with Gasteiger partial charge < -0.3 is 11.2 Å². The van der Waals surface area contributed by atoms with Crippen molar-refractivity contribution < 1.29 is 4.79 Å². The summed E-state index contributed by atoms with van der Waals surface area (Å²) in [6.45, 7) is 1.51. The number of nitrogens with two attached hydrogens (primary N) is 1. The number of hydrogen-bond donors (Lipinski definition) is 2. The minimum atomic E-state index is -0.453. The molecular weight excluding hydrogens is 348 g/mol. The van der Waals surface area contributed by atoms with Gasteiger partial charge in [0.05, 0.1) is 23.3 Å². The van der Waals surface area contributed by atoms with Gasteiger partial charge in [0.25, 0.3) is 5.56 Å². The average Bonchev–Trinajstić information content (AvgIpc) is 2.58. The number of carbonyl (C=O) groups excluding carboxylic acids is 1. The molecule has 8 nitrogen and oxygen atoms in total. The van der Waals surface area contributed by atoms with E-state index in [1.54, 1.807) is 12.1 Å². The summed E-state index contributed by atoms with van der Waals surface area (Å²) in [6, 6.07) is 9.25. The van der Waals surface area contributed by atoms with E-state index in [4.69, 9.17) is 11.1 Å². The Kier molecular flexibility index (Phi) is 6.22. The number of rotatable bonds is 6. The molecule has 0 aliphatic heterocycles. The van der Waals surface area contributed by atoms with E-state index < -0.39 is 5.56 Å². The van der Waals surface area contributed by atoms with E-state index in [0.717, 1.165) is 21.3 Å². The van der Waals surface area contributed by atoms with E-state index in [0.29, 0.717) is 11.4 Å². The lowest BCUT2D eigenvalue weighted by molar-refractivity contribution is -0.113. The number of aromatic nitrogens is 3. The quantitative estimate of drug-likeness (QED) is 0.576. The minimum absolute atomic E-state index is 0.0195. The topological polar surface area (TPSA) is 127 Å². The number of hydrogen-bond acceptors (Lipinski definition) is 8. The normalized spacial score (nSPS) is 10.2. The predicted molar refractivity (Wildman–Crippen MR) is 93.3 cm³/mol. The van der Waals surface area contributed by atoms with E-state index in [-0.39, 0.29) is 22.5 Å². The second kappa shape index (κ2) is 8.37. The van der Waals surface area contributed by atoms with E-state index in [2.05, 4.69) is 15.5 Å². The summed E-state index contributed by atoms with van der Waals surface area (Å²) in [5, 5.41) is 19.1. The molecule has 1 aromatic carbocycles. The molecule has 124 valence electrons. The highest BCUT2D eigenvalue weighted by atomic mass is 32.2. The number of aryl methyl sites for hydroxylation is 1. The molecule has 0 spiro atoms. The van der Waals surface area contributed by atoms with Crippen molar-refractivity contribution in [1.29, 1.82) is 5.26 Å². The van der Waals surface area contributed by atoms with Crippen molar-refractivity contribution in [2.24, 2.45) is 0 Å². The Balaban J connectivity index is 2.01. The van der Waals surface area contributed by atoms with Gasteiger partial charge >= 0.3 is 0 Å². The zero-order valence-corrected chi connectivity index (χ0v) is 14.4. The number of amides is 1. The molecule has 0 fully saturated rings. The first-order valence-corrected chi connectivity index (χ1v) is 8.73. The standard InChI is InChI=1S/C14H14N6O2S2/c1-9-13(22)20(16)14(19-18-9)24-8-12(21)17-10-4-2-3-5-11(10)23-7-6-15/h2-5H,7-8,16H2,1H3,(H,17,21). The molecule has 0 radical (unpaired) electrons. The molecule has 2 rings (SSSR count). The van der Waals surface area contributed by atoms with Crippen LogP contribution in [0.4, 0.5) is 5.69 Å². The second-order valence-electron chi connectivity index (χ2n) is 4.52. The number of carbonyl (C=O) groups is 1.